The van der Waals surface area contributed by atoms with Crippen LogP contribution in [0.15, 0.2) is 42.9 Å². The molecule has 2 aliphatic rings. The SMILES string of the molecule is Cc1cnc(Nc2cnn(C3CC3)c2)nc1-c1ccc(OCC2CCC2)cc1. The molecule has 3 aromatic rings. The molecule has 0 spiro atoms. The summed E-state index contributed by atoms with van der Waals surface area (Å²) >= 11 is 0. The zero-order valence-corrected chi connectivity index (χ0v) is 16.1. The summed E-state index contributed by atoms with van der Waals surface area (Å²) in [5.41, 5.74) is 3.95. The lowest BCUT2D eigenvalue weighted by Crippen LogP contribution is -2.19. The van der Waals surface area contributed by atoms with Crippen LogP contribution in [0, 0.1) is 12.8 Å². The Kier molecular flexibility index (Phi) is 4.47. The number of nitrogens with one attached hydrogen (secondary N) is 1. The predicted octanol–water partition coefficient (Wildman–Crippen LogP) is 4.91. The van der Waals surface area contributed by atoms with Crippen molar-refractivity contribution in [2.75, 3.05) is 11.9 Å². The van der Waals surface area contributed by atoms with Gasteiger partial charge in [-0.3, -0.25) is 4.68 Å². The molecule has 144 valence electrons. The molecular weight excluding hydrogens is 350 g/mol. The molecule has 1 aromatic carbocycles. The molecule has 5 rings (SSSR count). The van der Waals surface area contributed by atoms with E-state index in [-0.39, 0.29) is 0 Å². The van der Waals surface area contributed by atoms with Gasteiger partial charge in [-0.1, -0.05) is 6.42 Å². The maximum Gasteiger partial charge on any atom is 0.227 e. The van der Waals surface area contributed by atoms with Crippen molar-refractivity contribution in [3.05, 3.63) is 48.4 Å². The van der Waals surface area contributed by atoms with Gasteiger partial charge in [0.25, 0.3) is 0 Å². The maximum absolute atomic E-state index is 5.91. The number of anilines is 2. The summed E-state index contributed by atoms with van der Waals surface area (Å²) in [6.07, 6.45) is 12.1. The molecule has 2 saturated carbocycles. The third-order valence-corrected chi connectivity index (χ3v) is 5.59. The highest BCUT2D eigenvalue weighted by atomic mass is 16.5. The van der Waals surface area contributed by atoms with Crippen molar-refractivity contribution < 1.29 is 4.74 Å². The number of hydrogen-bond donors (Lipinski definition) is 1. The second-order valence-electron chi connectivity index (χ2n) is 7.92. The van der Waals surface area contributed by atoms with Crippen LogP contribution in [0.4, 0.5) is 11.6 Å². The second kappa shape index (κ2) is 7.26. The third-order valence-electron chi connectivity index (χ3n) is 5.59. The van der Waals surface area contributed by atoms with Crippen LogP contribution < -0.4 is 10.1 Å². The van der Waals surface area contributed by atoms with Crippen molar-refractivity contribution in [2.24, 2.45) is 5.92 Å². The van der Waals surface area contributed by atoms with Crippen molar-refractivity contribution in [1.29, 1.82) is 0 Å². The molecule has 0 radical (unpaired) electrons. The predicted molar refractivity (Wildman–Crippen MR) is 109 cm³/mol. The highest BCUT2D eigenvalue weighted by Crippen LogP contribution is 2.35. The van der Waals surface area contributed by atoms with Gasteiger partial charge in [-0.15, -0.1) is 0 Å². The minimum Gasteiger partial charge on any atom is -0.493 e. The van der Waals surface area contributed by atoms with Crippen molar-refractivity contribution >= 4 is 11.6 Å². The molecule has 0 aliphatic heterocycles. The van der Waals surface area contributed by atoms with E-state index < -0.39 is 0 Å². The number of ether oxygens (including phenoxy) is 1. The van der Waals surface area contributed by atoms with Crippen LogP contribution in [0.5, 0.6) is 5.75 Å². The van der Waals surface area contributed by atoms with E-state index in [4.69, 9.17) is 9.72 Å². The van der Waals surface area contributed by atoms with Crippen molar-refractivity contribution in [3.8, 4) is 17.0 Å². The average Bonchev–Trinajstić information content (AvgIpc) is 3.42. The Balaban J connectivity index is 1.30. The molecule has 1 N–H and O–H groups in total. The molecule has 0 saturated heterocycles. The third kappa shape index (κ3) is 3.72. The van der Waals surface area contributed by atoms with Gasteiger partial charge >= 0.3 is 0 Å². The summed E-state index contributed by atoms with van der Waals surface area (Å²) in [5, 5.41) is 7.68. The number of nitrogens with zero attached hydrogens (tertiary/aromatic N) is 4. The highest BCUT2D eigenvalue weighted by Gasteiger charge is 2.24. The summed E-state index contributed by atoms with van der Waals surface area (Å²) in [7, 11) is 0. The van der Waals surface area contributed by atoms with Crippen LogP contribution in [0.25, 0.3) is 11.3 Å². The number of aromatic nitrogens is 4. The smallest absolute Gasteiger partial charge is 0.227 e. The van der Waals surface area contributed by atoms with E-state index in [0.717, 1.165) is 40.8 Å². The van der Waals surface area contributed by atoms with Crippen LogP contribution in [0.1, 0.15) is 43.7 Å². The fourth-order valence-corrected chi connectivity index (χ4v) is 3.45. The van der Waals surface area contributed by atoms with E-state index >= 15 is 0 Å². The Labute approximate surface area is 165 Å². The fraction of sp³-hybridized carbons (Fsp3) is 0.409. The number of hydrogen-bond acceptors (Lipinski definition) is 5. The number of aryl methyl sites for hydroxylation is 1. The number of rotatable bonds is 7. The first-order valence-electron chi connectivity index (χ1n) is 10.1. The van der Waals surface area contributed by atoms with Gasteiger partial charge in [-0.2, -0.15) is 5.10 Å². The van der Waals surface area contributed by atoms with Crippen LogP contribution >= 0.6 is 0 Å². The summed E-state index contributed by atoms with van der Waals surface area (Å²) in [6, 6.07) is 8.76. The van der Waals surface area contributed by atoms with E-state index in [0.29, 0.717) is 12.0 Å². The van der Waals surface area contributed by atoms with Gasteiger partial charge in [0.1, 0.15) is 5.75 Å². The van der Waals surface area contributed by atoms with Crippen LogP contribution in [0.3, 0.4) is 0 Å². The van der Waals surface area contributed by atoms with Crippen molar-refractivity contribution in [1.82, 2.24) is 19.7 Å². The standard InChI is InChI=1S/C22H25N5O/c1-15-11-23-22(25-18-12-24-27(13-18)19-7-8-19)26-21(15)17-5-9-20(10-6-17)28-14-16-3-2-4-16/h5-6,9-13,16,19H,2-4,7-8,14H2,1H3,(H,23,25,26). The quantitative estimate of drug-likeness (QED) is 0.636. The molecule has 0 amide bonds. The fourth-order valence-electron chi connectivity index (χ4n) is 3.45. The van der Waals surface area contributed by atoms with E-state index in [9.17, 15) is 0 Å². The van der Waals surface area contributed by atoms with Gasteiger partial charge in [0.15, 0.2) is 0 Å². The zero-order valence-electron chi connectivity index (χ0n) is 16.1. The zero-order chi connectivity index (χ0) is 18.9. The lowest BCUT2D eigenvalue weighted by Gasteiger charge is -2.25. The normalized spacial score (nSPS) is 16.6. The largest absolute Gasteiger partial charge is 0.493 e. The Morgan fingerprint density at radius 1 is 1.11 bits per heavy atom. The Hall–Kier alpha value is -2.89. The number of benzene rings is 1. The van der Waals surface area contributed by atoms with E-state index in [1.807, 2.05) is 42.3 Å². The Morgan fingerprint density at radius 3 is 2.64 bits per heavy atom. The van der Waals surface area contributed by atoms with Crippen LogP contribution in [-0.2, 0) is 0 Å². The molecule has 0 unspecified atom stereocenters. The topological polar surface area (TPSA) is 64.9 Å². The average molecular weight is 375 g/mol. The molecule has 6 nitrogen and oxygen atoms in total. The molecule has 2 heterocycles. The Morgan fingerprint density at radius 2 is 1.93 bits per heavy atom. The molecule has 6 heteroatoms. The minimum absolute atomic E-state index is 0.565. The first-order valence-corrected chi connectivity index (χ1v) is 10.1. The van der Waals surface area contributed by atoms with Gasteiger partial charge in [-0.05, 0) is 68.4 Å². The van der Waals surface area contributed by atoms with Gasteiger partial charge < -0.3 is 10.1 Å². The second-order valence-corrected chi connectivity index (χ2v) is 7.92. The minimum atomic E-state index is 0.565. The molecule has 2 aromatic heterocycles. The molecular formula is C22H25N5O. The van der Waals surface area contributed by atoms with Gasteiger partial charge in [0.2, 0.25) is 5.95 Å². The summed E-state index contributed by atoms with van der Waals surface area (Å²) < 4.78 is 7.92. The van der Waals surface area contributed by atoms with Crippen molar-refractivity contribution in [3.63, 3.8) is 0 Å². The van der Waals surface area contributed by atoms with Gasteiger partial charge in [0.05, 0.1) is 30.2 Å². The first kappa shape index (κ1) is 17.2. The summed E-state index contributed by atoms with van der Waals surface area (Å²) in [6.45, 7) is 2.86. The molecule has 2 fully saturated rings. The summed E-state index contributed by atoms with van der Waals surface area (Å²) in [4.78, 5) is 9.16. The monoisotopic (exact) mass is 375 g/mol. The van der Waals surface area contributed by atoms with E-state index in [2.05, 4.69) is 27.5 Å². The van der Waals surface area contributed by atoms with Gasteiger partial charge in [0, 0.05) is 18.0 Å². The maximum atomic E-state index is 5.91. The summed E-state index contributed by atoms with van der Waals surface area (Å²) in [5.74, 6) is 2.25. The van der Waals surface area contributed by atoms with Crippen LogP contribution in [-0.4, -0.2) is 26.4 Å². The van der Waals surface area contributed by atoms with E-state index in [1.54, 1.807) is 0 Å². The molecule has 2 aliphatic carbocycles. The molecule has 28 heavy (non-hydrogen) atoms. The Bertz CT molecular complexity index is 957. The van der Waals surface area contributed by atoms with Gasteiger partial charge in [-0.25, -0.2) is 9.97 Å². The van der Waals surface area contributed by atoms with Crippen LogP contribution in [0.2, 0.25) is 0 Å². The molecule has 0 atom stereocenters. The molecule has 0 bridgehead atoms. The first-order chi connectivity index (χ1) is 13.7. The lowest BCUT2D eigenvalue weighted by atomic mass is 9.86. The highest BCUT2D eigenvalue weighted by molar-refractivity contribution is 5.65. The lowest BCUT2D eigenvalue weighted by molar-refractivity contribution is 0.180. The van der Waals surface area contributed by atoms with Crippen molar-refractivity contribution in [2.45, 2.75) is 45.1 Å². The van der Waals surface area contributed by atoms with E-state index in [1.165, 1.54) is 32.1 Å².